The van der Waals surface area contributed by atoms with Gasteiger partial charge in [0.1, 0.15) is 0 Å². The normalized spacial score (nSPS) is 15.3. The second kappa shape index (κ2) is 5.66. The summed E-state index contributed by atoms with van der Waals surface area (Å²) < 4.78 is 59.4. The van der Waals surface area contributed by atoms with Gasteiger partial charge in [0.2, 0.25) is 10.0 Å². The van der Waals surface area contributed by atoms with Crippen LogP contribution in [0, 0.1) is 0 Å². The molecule has 0 saturated heterocycles. The number of hydrogen-bond donors (Lipinski definition) is 2. The quantitative estimate of drug-likeness (QED) is 0.725. The summed E-state index contributed by atoms with van der Waals surface area (Å²) in [4.78, 5) is 0. The van der Waals surface area contributed by atoms with Gasteiger partial charge in [0, 0.05) is 12.5 Å². The van der Waals surface area contributed by atoms with Crippen molar-refractivity contribution in [2.24, 2.45) is 0 Å². The number of nitrogens with one attached hydrogen (secondary N) is 1. The van der Waals surface area contributed by atoms with Gasteiger partial charge in [-0.3, -0.25) is 0 Å². The van der Waals surface area contributed by atoms with Gasteiger partial charge in [-0.25, -0.2) is 13.1 Å². The Morgan fingerprint density at radius 3 is 2.33 bits per heavy atom. The van der Waals surface area contributed by atoms with E-state index in [9.17, 15) is 21.6 Å². The predicted octanol–water partition coefficient (Wildman–Crippen LogP) is 0.629. The Morgan fingerprint density at radius 1 is 1.40 bits per heavy atom. The molecular weight excluding hydrogens is 235 g/mol. The van der Waals surface area contributed by atoms with E-state index < -0.39 is 47.4 Å². The fraction of sp³-hybridized carbons (Fsp3) is 1.00. The minimum atomic E-state index is -4.34. The molecule has 0 aromatic rings. The lowest BCUT2D eigenvalue weighted by molar-refractivity contribution is -0.134. The highest BCUT2D eigenvalue weighted by Crippen LogP contribution is 2.21. The third-order valence-corrected chi connectivity index (χ3v) is 3.12. The van der Waals surface area contributed by atoms with Crippen molar-refractivity contribution in [3.8, 4) is 0 Å². The zero-order valence-corrected chi connectivity index (χ0v) is 9.03. The standard InChI is InChI=1S/C7H14F3NO3S/c1-6(5-12)11-15(13,14)4-2-3-7(8,9)10/h6,11-12H,2-5H2,1H3. The monoisotopic (exact) mass is 249 g/mol. The Morgan fingerprint density at radius 2 is 1.93 bits per heavy atom. The lowest BCUT2D eigenvalue weighted by Crippen LogP contribution is -2.36. The van der Waals surface area contributed by atoms with Crippen LogP contribution in [-0.4, -0.2) is 38.1 Å². The highest BCUT2D eigenvalue weighted by atomic mass is 32.2. The molecular formula is C7H14F3NO3S. The van der Waals surface area contributed by atoms with Crippen LogP contribution in [0.5, 0.6) is 0 Å². The number of rotatable bonds is 6. The summed E-state index contributed by atoms with van der Waals surface area (Å²) in [7, 11) is -3.73. The van der Waals surface area contributed by atoms with Gasteiger partial charge in [-0.05, 0) is 13.3 Å². The zero-order chi connectivity index (χ0) is 12.1. The minimum absolute atomic E-state index is 0.390. The van der Waals surface area contributed by atoms with Crippen molar-refractivity contribution >= 4 is 10.0 Å². The van der Waals surface area contributed by atoms with E-state index in [0.29, 0.717) is 0 Å². The van der Waals surface area contributed by atoms with E-state index in [1.165, 1.54) is 6.92 Å². The van der Waals surface area contributed by atoms with Gasteiger partial charge >= 0.3 is 6.18 Å². The third-order valence-electron chi connectivity index (χ3n) is 1.53. The summed E-state index contributed by atoms with van der Waals surface area (Å²) in [6.07, 6.45) is -5.93. The molecule has 1 atom stereocenters. The molecule has 0 saturated carbocycles. The number of aliphatic hydroxyl groups excluding tert-OH is 1. The van der Waals surface area contributed by atoms with Crippen molar-refractivity contribution in [2.45, 2.75) is 32.0 Å². The van der Waals surface area contributed by atoms with Crippen LogP contribution in [0.25, 0.3) is 0 Å². The van der Waals surface area contributed by atoms with Crippen LogP contribution in [0.2, 0.25) is 0 Å². The summed E-state index contributed by atoms with van der Waals surface area (Å²) in [5.74, 6) is -0.586. The van der Waals surface area contributed by atoms with Crippen LogP contribution >= 0.6 is 0 Å². The largest absolute Gasteiger partial charge is 0.395 e. The topological polar surface area (TPSA) is 66.4 Å². The summed E-state index contributed by atoms with van der Waals surface area (Å²) in [5.41, 5.74) is 0. The van der Waals surface area contributed by atoms with Gasteiger partial charge in [-0.2, -0.15) is 13.2 Å². The predicted molar refractivity (Wildman–Crippen MR) is 48.8 cm³/mol. The maximum Gasteiger partial charge on any atom is 0.389 e. The molecule has 0 spiro atoms. The maximum atomic E-state index is 11.7. The smallest absolute Gasteiger partial charge is 0.389 e. The Hall–Kier alpha value is -0.340. The lowest BCUT2D eigenvalue weighted by Gasteiger charge is -2.11. The van der Waals surface area contributed by atoms with Gasteiger partial charge in [-0.15, -0.1) is 0 Å². The molecule has 0 aliphatic rings. The lowest BCUT2D eigenvalue weighted by atomic mass is 10.3. The van der Waals surface area contributed by atoms with Gasteiger partial charge in [0.05, 0.1) is 12.4 Å². The molecule has 2 N–H and O–H groups in total. The fourth-order valence-electron chi connectivity index (χ4n) is 0.865. The van der Waals surface area contributed by atoms with Crippen LogP contribution in [-0.2, 0) is 10.0 Å². The van der Waals surface area contributed by atoms with Crippen molar-refractivity contribution in [3.63, 3.8) is 0 Å². The van der Waals surface area contributed by atoms with Crippen LogP contribution in [0.3, 0.4) is 0 Å². The Bertz CT molecular complexity index is 276. The first kappa shape index (κ1) is 14.7. The van der Waals surface area contributed by atoms with E-state index in [-0.39, 0.29) is 0 Å². The van der Waals surface area contributed by atoms with Crippen molar-refractivity contribution in [1.82, 2.24) is 4.72 Å². The maximum absolute atomic E-state index is 11.7. The van der Waals surface area contributed by atoms with Crippen LogP contribution in [0.15, 0.2) is 0 Å². The second-order valence-electron chi connectivity index (χ2n) is 3.24. The third kappa shape index (κ3) is 8.64. The van der Waals surface area contributed by atoms with E-state index in [0.717, 1.165) is 0 Å². The molecule has 8 heteroatoms. The molecule has 0 aromatic carbocycles. The molecule has 4 nitrogen and oxygen atoms in total. The van der Waals surface area contributed by atoms with E-state index in [2.05, 4.69) is 0 Å². The Balaban J connectivity index is 3.96. The van der Waals surface area contributed by atoms with Crippen molar-refractivity contribution in [2.75, 3.05) is 12.4 Å². The van der Waals surface area contributed by atoms with Crippen molar-refractivity contribution in [3.05, 3.63) is 0 Å². The van der Waals surface area contributed by atoms with Gasteiger partial charge in [0.15, 0.2) is 0 Å². The molecule has 0 rings (SSSR count). The van der Waals surface area contributed by atoms with Crippen LogP contribution < -0.4 is 4.72 Å². The molecule has 0 amide bonds. The first-order valence-corrected chi connectivity index (χ1v) is 5.99. The molecule has 0 radical (unpaired) electrons. The molecule has 0 heterocycles. The van der Waals surface area contributed by atoms with E-state index in [1.54, 1.807) is 0 Å². The average molecular weight is 249 g/mol. The number of alkyl halides is 3. The Kier molecular flexibility index (Phi) is 5.54. The Labute approximate surface area is 86.5 Å². The minimum Gasteiger partial charge on any atom is -0.395 e. The average Bonchev–Trinajstić information content (AvgIpc) is 2.00. The summed E-state index contributed by atoms with van der Waals surface area (Å²) in [6, 6.07) is -0.680. The number of sulfonamides is 1. The first-order valence-electron chi connectivity index (χ1n) is 4.34. The van der Waals surface area contributed by atoms with Gasteiger partial charge < -0.3 is 5.11 Å². The number of hydrogen-bond acceptors (Lipinski definition) is 3. The highest BCUT2D eigenvalue weighted by molar-refractivity contribution is 7.89. The second-order valence-corrected chi connectivity index (χ2v) is 5.11. The molecule has 0 fully saturated rings. The summed E-state index contributed by atoms with van der Waals surface area (Å²) >= 11 is 0. The number of aliphatic hydroxyl groups is 1. The van der Waals surface area contributed by atoms with Crippen LogP contribution in [0.4, 0.5) is 13.2 Å². The van der Waals surface area contributed by atoms with Gasteiger partial charge in [-0.1, -0.05) is 0 Å². The van der Waals surface area contributed by atoms with Gasteiger partial charge in [0.25, 0.3) is 0 Å². The molecule has 0 aliphatic heterocycles. The van der Waals surface area contributed by atoms with E-state index in [4.69, 9.17) is 5.11 Å². The summed E-state index contributed by atoms with van der Waals surface area (Å²) in [5, 5.41) is 8.55. The summed E-state index contributed by atoms with van der Waals surface area (Å²) in [6.45, 7) is 1.03. The molecule has 1 unspecified atom stereocenters. The SMILES string of the molecule is CC(CO)NS(=O)(=O)CCCC(F)(F)F. The van der Waals surface area contributed by atoms with Crippen molar-refractivity contribution < 1.29 is 26.7 Å². The molecule has 92 valence electrons. The molecule has 0 bridgehead atoms. The van der Waals surface area contributed by atoms with E-state index >= 15 is 0 Å². The number of halogens is 3. The molecule has 15 heavy (non-hydrogen) atoms. The highest BCUT2D eigenvalue weighted by Gasteiger charge is 2.27. The van der Waals surface area contributed by atoms with Crippen LogP contribution in [0.1, 0.15) is 19.8 Å². The first-order chi connectivity index (χ1) is 6.66. The fourth-order valence-corrected chi connectivity index (χ4v) is 2.20. The zero-order valence-electron chi connectivity index (χ0n) is 8.21. The van der Waals surface area contributed by atoms with Crippen molar-refractivity contribution in [1.29, 1.82) is 0 Å². The van der Waals surface area contributed by atoms with E-state index in [1.807, 2.05) is 4.72 Å². The molecule has 0 aromatic heterocycles. The molecule has 0 aliphatic carbocycles.